The van der Waals surface area contributed by atoms with Crippen LogP contribution in [0.15, 0.2) is 18.2 Å². The van der Waals surface area contributed by atoms with Crippen molar-refractivity contribution in [1.29, 1.82) is 0 Å². The first-order chi connectivity index (χ1) is 12.7. The SMILES string of the molecule is CCCCCCCC(=O)OC(O[Si](C)C)c1ccc(C(C)(C)C)c(OC)c1. The fourth-order valence-electron chi connectivity index (χ4n) is 2.90. The van der Waals surface area contributed by atoms with Crippen molar-refractivity contribution in [2.45, 2.75) is 91.0 Å². The van der Waals surface area contributed by atoms with Crippen LogP contribution in [0.1, 0.15) is 83.6 Å². The summed E-state index contributed by atoms with van der Waals surface area (Å²) in [5.41, 5.74) is 1.92. The molecule has 4 nitrogen and oxygen atoms in total. The minimum Gasteiger partial charge on any atom is -0.496 e. The van der Waals surface area contributed by atoms with Crippen LogP contribution in [0.5, 0.6) is 5.75 Å². The highest BCUT2D eigenvalue weighted by molar-refractivity contribution is 6.48. The van der Waals surface area contributed by atoms with Crippen molar-refractivity contribution in [2.75, 3.05) is 7.11 Å². The van der Waals surface area contributed by atoms with Gasteiger partial charge in [0.15, 0.2) is 0 Å². The molecule has 153 valence electrons. The van der Waals surface area contributed by atoms with E-state index in [1.807, 2.05) is 31.3 Å². The van der Waals surface area contributed by atoms with Crippen LogP contribution in [0.25, 0.3) is 0 Å². The predicted molar refractivity (Wildman–Crippen MR) is 112 cm³/mol. The average Bonchev–Trinajstić information content (AvgIpc) is 2.59. The maximum atomic E-state index is 12.3. The topological polar surface area (TPSA) is 44.8 Å². The molecular weight excluding hydrogens is 356 g/mol. The van der Waals surface area contributed by atoms with Crippen molar-refractivity contribution in [1.82, 2.24) is 0 Å². The molecule has 5 heteroatoms. The summed E-state index contributed by atoms with van der Waals surface area (Å²) in [6.07, 6.45) is 5.30. The molecular formula is C22H37O4Si. The van der Waals surface area contributed by atoms with Crippen LogP contribution in [0.4, 0.5) is 0 Å². The molecule has 0 saturated heterocycles. The second-order valence-electron chi connectivity index (χ2n) is 8.22. The molecule has 1 rings (SSSR count). The van der Waals surface area contributed by atoms with Crippen molar-refractivity contribution in [3.63, 3.8) is 0 Å². The van der Waals surface area contributed by atoms with Crippen LogP contribution < -0.4 is 4.74 Å². The van der Waals surface area contributed by atoms with Crippen molar-refractivity contribution >= 4 is 15.0 Å². The highest BCUT2D eigenvalue weighted by Crippen LogP contribution is 2.34. The van der Waals surface area contributed by atoms with Crippen LogP contribution in [0.3, 0.4) is 0 Å². The quantitative estimate of drug-likeness (QED) is 0.195. The molecule has 0 aliphatic heterocycles. The zero-order valence-corrected chi connectivity index (χ0v) is 19.2. The smallest absolute Gasteiger partial charge is 0.308 e. The molecule has 0 fully saturated rings. The van der Waals surface area contributed by atoms with E-state index in [1.165, 1.54) is 19.3 Å². The maximum Gasteiger partial charge on any atom is 0.308 e. The van der Waals surface area contributed by atoms with E-state index >= 15 is 0 Å². The standard InChI is InChI=1S/C22H37O4Si/c1-8-9-10-11-12-13-20(23)25-21(26-27(6)7)17-14-15-18(22(2,3)4)19(16-17)24-5/h14-16,21H,8-13H2,1-7H3. The third-order valence-electron chi connectivity index (χ3n) is 4.37. The molecule has 1 aromatic carbocycles. The summed E-state index contributed by atoms with van der Waals surface area (Å²) in [6.45, 7) is 12.7. The largest absolute Gasteiger partial charge is 0.496 e. The molecule has 0 heterocycles. The Morgan fingerprint density at radius 1 is 1.11 bits per heavy atom. The van der Waals surface area contributed by atoms with Crippen LogP contribution in [-0.2, 0) is 19.4 Å². The molecule has 0 aromatic heterocycles. The third-order valence-corrected chi connectivity index (χ3v) is 5.06. The van der Waals surface area contributed by atoms with Gasteiger partial charge in [-0.15, -0.1) is 0 Å². The summed E-state index contributed by atoms with van der Waals surface area (Å²) >= 11 is 0. The highest BCUT2D eigenvalue weighted by atomic mass is 28.3. The van der Waals surface area contributed by atoms with E-state index in [-0.39, 0.29) is 11.4 Å². The Labute approximate surface area is 167 Å². The average molecular weight is 394 g/mol. The summed E-state index contributed by atoms with van der Waals surface area (Å²) in [6, 6.07) is 5.96. The molecule has 1 unspecified atom stereocenters. The lowest BCUT2D eigenvalue weighted by Crippen LogP contribution is -2.20. The normalized spacial score (nSPS) is 12.9. The molecule has 27 heavy (non-hydrogen) atoms. The maximum absolute atomic E-state index is 12.3. The highest BCUT2D eigenvalue weighted by Gasteiger charge is 2.24. The zero-order valence-electron chi connectivity index (χ0n) is 18.2. The monoisotopic (exact) mass is 393 g/mol. The summed E-state index contributed by atoms with van der Waals surface area (Å²) in [5, 5.41) is 0. The van der Waals surface area contributed by atoms with Gasteiger partial charge in [-0.25, -0.2) is 0 Å². The molecule has 0 aliphatic carbocycles. The van der Waals surface area contributed by atoms with Crippen LogP contribution in [0, 0.1) is 0 Å². The van der Waals surface area contributed by atoms with Crippen molar-refractivity contribution in [3.05, 3.63) is 29.3 Å². The molecule has 0 bridgehead atoms. The van der Waals surface area contributed by atoms with Crippen LogP contribution in [0.2, 0.25) is 13.1 Å². The van der Waals surface area contributed by atoms with Crippen molar-refractivity contribution in [2.24, 2.45) is 0 Å². The molecule has 1 aromatic rings. The van der Waals surface area contributed by atoms with Crippen molar-refractivity contribution < 1.29 is 18.7 Å². The summed E-state index contributed by atoms with van der Waals surface area (Å²) in [5.74, 6) is 0.601. The van der Waals surface area contributed by atoms with Gasteiger partial charge in [0.1, 0.15) is 5.75 Å². The lowest BCUT2D eigenvalue weighted by molar-refractivity contribution is -0.165. The van der Waals surface area contributed by atoms with Crippen molar-refractivity contribution in [3.8, 4) is 5.75 Å². The zero-order chi connectivity index (χ0) is 20.4. The van der Waals surface area contributed by atoms with Gasteiger partial charge in [0.05, 0.1) is 7.11 Å². The van der Waals surface area contributed by atoms with Gasteiger partial charge in [0.25, 0.3) is 0 Å². The number of carbonyl (C=O) groups excluding carboxylic acids is 1. The van der Waals surface area contributed by atoms with E-state index in [0.29, 0.717) is 6.42 Å². The Hall–Kier alpha value is -1.33. The molecule has 0 N–H and O–H groups in total. The molecule has 0 spiro atoms. The number of carbonyl (C=O) groups is 1. The Kier molecular flexibility index (Phi) is 10.1. The first-order valence-corrected chi connectivity index (χ1v) is 12.4. The van der Waals surface area contributed by atoms with E-state index < -0.39 is 15.3 Å². The molecule has 1 radical (unpaired) electrons. The third kappa shape index (κ3) is 8.48. The number of unbranched alkanes of at least 4 members (excludes halogenated alkanes) is 4. The first kappa shape index (κ1) is 23.7. The van der Waals surface area contributed by atoms with Gasteiger partial charge in [-0.2, -0.15) is 0 Å². The van der Waals surface area contributed by atoms with E-state index in [9.17, 15) is 4.79 Å². The Morgan fingerprint density at radius 2 is 1.78 bits per heavy atom. The first-order valence-electron chi connectivity index (χ1n) is 10.0. The van der Waals surface area contributed by atoms with Gasteiger partial charge in [0, 0.05) is 12.0 Å². The number of rotatable bonds is 11. The van der Waals surface area contributed by atoms with Gasteiger partial charge in [-0.3, -0.25) is 4.79 Å². The second kappa shape index (κ2) is 11.5. The van der Waals surface area contributed by atoms with Gasteiger partial charge in [-0.1, -0.05) is 65.5 Å². The lowest BCUT2D eigenvalue weighted by atomic mass is 9.86. The number of esters is 1. The molecule has 0 amide bonds. The predicted octanol–water partition coefficient (Wildman–Crippen LogP) is 6.16. The number of ether oxygens (including phenoxy) is 2. The number of benzene rings is 1. The number of hydrogen-bond acceptors (Lipinski definition) is 4. The lowest BCUT2D eigenvalue weighted by Gasteiger charge is -2.25. The molecule has 0 aliphatic rings. The Morgan fingerprint density at radius 3 is 2.33 bits per heavy atom. The molecule has 1 atom stereocenters. The summed E-state index contributed by atoms with van der Waals surface area (Å²) in [7, 11) is 0.635. The van der Waals surface area contributed by atoms with E-state index in [1.54, 1.807) is 7.11 Å². The summed E-state index contributed by atoms with van der Waals surface area (Å²) < 4.78 is 17.3. The van der Waals surface area contributed by atoms with Gasteiger partial charge in [-0.05, 0) is 36.6 Å². The summed E-state index contributed by atoms with van der Waals surface area (Å²) in [4.78, 5) is 12.3. The van der Waals surface area contributed by atoms with E-state index in [4.69, 9.17) is 13.9 Å². The Bertz CT molecular complexity index is 578. The van der Waals surface area contributed by atoms with E-state index in [0.717, 1.165) is 29.7 Å². The van der Waals surface area contributed by atoms with E-state index in [2.05, 4.69) is 27.7 Å². The second-order valence-corrected chi connectivity index (χ2v) is 10.3. The minimum atomic E-state index is -1.03. The van der Waals surface area contributed by atoms with Crippen LogP contribution >= 0.6 is 0 Å². The minimum absolute atomic E-state index is 0.0279. The van der Waals surface area contributed by atoms with Gasteiger partial charge >= 0.3 is 5.97 Å². The fourth-order valence-corrected chi connectivity index (χ4v) is 3.51. The number of hydrogen-bond donors (Lipinski definition) is 0. The van der Waals surface area contributed by atoms with Crippen LogP contribution in [-0.4, -0.2) is 22.1 Å². The number of methoxy groups -OCH3 is 1. The Balaban J connectivity index is 2.86. The van der Waals surface area contributed by atoms with Gasteiger partial charge in [0.2, 0.25) is 15.3 Å². The fraction of sp³-hybridized carbons (Fsp3) is 0.682. The van der Waals surface area contributed by atoms with Gasteiger partial charge < -0.3 is 13.9 Å². The molecule has 0 saturated carbocycles.